The number of phenolic OH excluding ortho intramolecular Hbond substituents is 1. The summed E-state index contributed by atoms with van der Waals surface area (Å²) < 4.78 is 0. The fraction of sp³-hybridized carbons (Fsp3) is 0.167. The Labute approximate surface area is 132 Å². The second-order valence-corrected chi connectivity index (χ2v) is 5.99. The quantitative estimate of drug-likeness (QED) is 0.586. The van der Waals surface area contributed by atoms with Crippen molar-refractivity contribution in [3.8, 4) is 5.75 Å². The molecular formula is C18H16N2O3. The minimum atomic E-state index is -0.766. The molecule has 1 aliphatic heterocycles. The monoisotopic (exact) mass is 308 g/mol. The number of hydrogen-bond acceptors (Lipinski definition) is 3. The Morgan fingerprint density at radius 3 is 2.74 bits per heavy atom. The maximum atomic E-state index is 12.4. The molecule has 0 bridgehead atoms. The van der Waals surface area contributed by atoms with Gasteiger partial charge in [0.1, 0.15) is 5.75 Å². The summed E-state index contributed by atoms with van der Waals surface area (Å²) in [7, 11) is 0. The first kappa shape index (κ1) is 13.8. The van der Waals surface area contributed by atoms with Crippen LogP contribution >= 0.6 is 0 Å². The van der Waals surface area contributed by atoms with Crippen LogP contribution in [0.2, 0.25) is 0 Å². The molecule has 1 aromatic heterocycles. The van der Waals surface area contributed by atoms with Gasteiger partial charge in [0.25, 0.3) is 5.91 Å². The van der Waals surface area contributed by atoms with Gasteiger partial charge in [-0.05, 0) is 30.7 Å². The van der Waals surface area contributed by atoms with Crippen molar-refractivity contribution in [3.05, 3.63) is 64.8 Å². The van der Waals surface area contributed by atoms with Crippen LogP contribution < -0.4 is 5.32 Å². The highest BCUT2D eigenvalue weighted by Crippen LogP contribution is 2.42. The number of fused-ring (bicyclic) bond motifs is 2. The van der Waals surface area contributed by atoms with E-state index in [1.807, 2.05) is 31.2 Å². The number of carbonyl (C=O) groups is 1. The van der Waals surface area contributed by atoms with E-state index in [2.05, 4.69) is 10.3 Å². The third-order valence-corrected chi connectivity index (χ3v) is 4.59. The maximum absolute atomic E-state index is 12.4. The molecule has 0 saturated carbocycles. The lowest BCUT2D eigenvalue weighted by Gasteiger charge is -2.27. The van der Waals surface area contributed by atoms with Gasteiger partial charge in [0.15, 0.2) is 0 Å². The zero-order chi connectivity index (χ0) is 16.2. The molecule has 0 radical (unpaired) electrons. The SMILES string of the molecule is CC1(c2c(CO)[nH]c3ccccc23)NC(=O)c2cc(O)ccc21. The highest BCUT2D eigenvalue weighted by atomic mass is 16.3. The fourth-order valence-corrected chi connectivity index (χ4v) is 3.60. The zero-order valence-electron chi connectivity index (χ0n) is 12.6. The topological polar surface area (TPSA) is 85.4 Å². The average Bonchev–Trinajstić information content (AvgIpc) is 3.04. The second-order valence-electron chi connectivity index (χ2n) is 5.99. The maximum Gasteiger partial charge on any atom is 0.252 e. The van der Waals surface area contributed by atoms with Gasteiger partial charge in [0.05, 0.1) is 12.1 Å². The normalized spacial score (nSPS) is 19.8. The van der Waals surface area contributed by atoms with Crippen molar-refractivity contribution in [1.29, 1.82) is 0 Å². The third-order valence-electron chi connectivity index (χ3n) is 4.59. The second kappa shape index (κ2) is 4.60. The van der Waals surface area contributed by atoms with Gasteiger partial charge < -0.3 is 20.5 Å². The van der Waals surface area contributed by atoms with Crippen LogP contribution in [0.25, 0.3) is 10.9 Å². The smallest absolute Gasteiger partial charge is 0.252 e. The minimum Gasteiger partial charge on any atom is -0.508 e. The first-order valence-corrected chi connectivity index (χ1v) is 7.41. The van der Waals surface area contributed by atoms with Gasteiger partial charge >= 0.3 is 0 Å². The predicted molar refractivity (Wildman–Crippen MR) is 86.2 cm³/mol. The Balaban J connectivity index is 2.04. The largest absolute Gasteiger partial charge is 0.508 e. The number of aromatic nitrogens is 1. The number of benzene rings is 2. The molecule has 3 aromatic rings. The summed E-state index contributed by atoms with van der Waals surface area (Å²) in [6.45, 7) is 1.77. The van der Waals surface area contributed by atoms with Crippen LogP contribution in [-0.2, 0) is 12.1 Å². The molecule has 23 heavy (non-hydrogen) atoms. The Bertz CT molecular complexity index is 945. The van der Waals surface area contributed by atoms with E-state index >= 15 is 0 Å². The number of H-pyrrole nitrogens is 1. The number of aromatic hydroxyl groups is 1. The number of aliphatic hydroxyl groups is 1. The molecule has 0 saturated heterocycles. The van der Waals surface area contributed by atoms with Crippen molar-refractivity contribution in [2.24, 2.45) is 0 Å². The number of carbonyl (C=O) groups excluding carboxylic acids is 1. The van der Waals surface area contributed by atoms with Crippen molar-refractivity contribution in [3.63, 3.8) is 0 Å². The van der Waals surface area contributed by atoms with Gasteiger partial charge in [-0.1, -0.05) is 24.3 Å². The lowest BCUT2D eigenvalue weighted by Crippen LogP contribution is -2.38. The summed E-state index contributed by atoms with van der Waals surface area (Å²) in [5, 5.41) is 23.4. The summed E-state index contributed by atoms with van der Waals surface area (Å²) >= 11 is 0. The Morgan fingerprint density at radius 2 is 1.96 bits per heavy atom. The van der Waals surface area contributed by atoms with E-state index in [9.17, 15) is 15.0 Å². The number of para-hydroxylation sites is 1. The molecule has 1 atom stereocenters. The van der Waals surface area contributed by atoms with Crippen molar-refractivity contribution < 1.29 is 15.0 Å². The molecule has 1 amide bonds. The molecule has 0 spiro atoms. The Morgan fingerprint density at radius 1 is 1.17 bits per heavy atom. The van der Waals surface area contributed by atoms with Crippen molar-refractivity contribution in [2.75, 3.05) is 0 Å². The Kier molecular flexibility index (Phi) is 2.77. The molecule has 4 rings (SSSR count). The number of aromatic amines is 1. The molecule has 0 fully saturated rings. The molecule has 0 aliphatic carbocycles. The number of aliphatic hydroxyl groups excluding tert-OH is 1. The van der Waals surface area contributed by atoms with E-state index in [1.165, 1.54) is 6.07 Å². The van der Waals surface area contributed by atoms with Gasteiger partial charge in [-0.15, -0.1) is 0 Å². The molecule has 1 unspecified atom stereocenters. The fourth-order valence-electron chi connectivity index (χ4n) is 3.60. The molecule has 116 valence electrons. The van der Waals surface area contributed by atoms with E-state index in [0.29, 0.717) is 11.3 Å². The van der Waals surface area contributed by atoms with Gasteiger partial charge in [-0.3, -0.25) is 4.79 Å². The van der Waals surface area contributed by atoms with Gasteiger partial charge in [0.2, 0.25) is 0 Å². The van der Waals surface area contributed by atoms with Crippen LogP contribution in [0.1, 0.15) is 34.1 Å². The number of nitrogens with one attached hydrogen (secondary N) is 2. The third kappa shape index (κ3) is 1.80. The standard InChI is InChI=1S/C18H16N2O3/c1-18(13-7-6-10(22)8-12(13)17(23)20-18)16-11-4-2-3-5-14(11)19-15(16)9-21/h2-8,19,21-22H,9H2,1H3,(H,20,23). The number of rotatable bonds is 2. The summed E-state index contributed by atoms with van der Waals surface area (Å²) in [4.78, 5) is 15.6. The predicted octanol–water partition coefficient (Wildman–Crippen LogP) is 2.37. The van der Waals surface area contributed by atoms with Crippen LogP contribution in [0.5, 0.6) is 5.75 Å². The highest BCUT2D eigenvalue weighted by Gasteiger charge is 2.43. The lowest BCUT2D eigenvalue weighted by molar-refractivity contribution is 0.0944. The van der Waals surface area contributed by atoms with E-state index in [-0.39, 0.29) is 18.3 Å². The lowest BCUT2D eigenvalue weighted by atomic mass is 9.83. The van der Waals surface area contributed by atoms with Gasteiger partial charge in [-0.2, -0.15) is 0 Å². The first-order valence-electron chi connectivity index (χ1n) is 7.41. The molecule has 2 heterocycles. The van der Waals surface area contributed by atoms with Crippen LogP contribution in [0.15, 0.2) is 42.5 Å². The Hall–Kier alpha value is -2.79. The van der Waals surface area contributed by atoms with Crippen LogP contribution in [-0.4, -0.2) is 21.1 Å². The summed E-state index contributed by atoms with van der Waals surface area (Å²) in [6.07, 6.45) is 0. The minimum absolute atomic E-state index is 0.0597. The van der Waals surface area contributed by atoms with Crippen LogP contribution in [0.4, 0.5) is 0 Å². The molecule has 5 heteroatoms. The van der Waals surface area contributed by atoms with Crippen LogP contribution in [0.3, 0.4) is 0 Å². The number of amides is 1. The van der Waals surface area contributed by atoms with Crippen molar-refractivity contribution >= 4 is 16.8 Å². The summed E-state index contributed by atoms with van der Waals surface area (Å²) in [5.74, 6) is -0.169. The zero-order valence-corrected chi connectivity index (χ0v) is 12.6. The highest BCUT2D eigenvalue weighted by molar-refractivity contribution is 6.02. The van der Waals surface area contributed by atoms with Crippen molar-refractivity contribution in [1.82, 2.24) is 10.3 Å². The van der Waals surface area contributed by atoms with E-state index < -0.39 is 5.54 Å². The molecule has 4 N–H and O–H groups in total. The number of hydrogen-bond donors (Lipinski definition) is 4. The first-order chi connectivity index (χ1) is 11.0. The van der Waals surface area contributed by atoms with Gasteiger partial charge in [-0.25, -0.2) is 0 Å². The summed E-state index contributed by atoms with van der Waals surface area (Å²) in [6, 6.07) is 12.6. The van der Waals surface area contributed by atoms with Crippen molar-refractivity contribution in [2.45, 2.75) is 19.1 Å². The molecular weight excluding hydrogens is 292 g/mol. The average molecular weight is 308 g/mol. The molecule has 2 aromatic carbocycles. The van der Waals surface area contributed by atoms with Gasteiger partial charge in [0, 0.05) is 27.7 Å². The molecule has 1 aliphatic rings. The van der Waals surface area contributed by atoms with E-state index in [0.717, 1.165) is 22.0 Å². The number of phenols is 1. The summed E-state index contributed by atoms with van der Waals surface area (Å²) in [5.41, 5.74) is 2.93. The molecule has 5 nitrogen and oxygen atoms in total. The van der Waals surface area contributed by atoms with E-state index in [4.69, 9.17) is 0 Å². The van der Waals surface area contributed by atoms with Crippen LogP contribution in [0, 0.1) is 0 Å². The van der Waals surface area contributed by atoms with E-state index in [1.54, 1.807) is 12.1 Å².